The highest BCUT2D eigenvalue weighted by Crippen LogP contribution is 2.29. The molecule has 0 saturated carbocycles. The van der Waals surface area contributed by atoms with E-state index in [0.717, 1.165) is 37.8 Å². The van der Waals surface area contributed by atoms with Gasteiger partial charge in [-0.2, -0.15) is 0 Å². The van der Waals surface area contributed by atoms with Gasteiger partial charge in [0.1, 0.15) is 0 Å². The minimum absolute atomic E-state index is 0.0130. The van der Waals surface area contributed by atoms with Gasteiger partial charge in [-0.1, -0.05) is 19.1 Å². The number of nitrogens with zero attached hydrogens (tertiary/aromatic N) is 1. The van der Waals surface area contributed by atoms with Crippen LogP contribution in [-0.4, -0.2) is 55.3 Å². The van der Waals surface area contributed by atoms with Gasteiger partial charge in [-0.05, 0) is 43.4 Å². The highest BCUT2D eigenvalue weighted by Gasteiger charge is 2.30. The average molecular weight is 386 g/mol. The Morgan fingerprint density at radius 1 is 1.18 bits per heavy atom. The van der Waals surface area contributed by atoms with Crippen LogP contribution in [-0.2, 0) is 14.3 Å². The first-order valence-electron chi connectivity index (χ1n) is 10.3. The third-order valence-corrected chi connectivity index (χ3v) is 5.76. The Balaban J connectivity index is 1.63. The van der Waals surface area contributed by atoms with Gasteiger partial charge >= 0.3 is 0 Å². The van der Waals surface area contributed by atoms with Gasteiger partial charge in [-0.15, -0.1) is 0 Å². The van der Waals surface area contributed by atoms with Crippen LogP contribution in [0.4, 0.5) is 0 Å². The first-order chi connectivity index (χ1) is 13.6. The third-order valence-electron chi connectivity index (χ3n) is 5.76. The summed E-state index contributed by atoms with van der Waals surface area (Å²) < 4.78 is 5.38. The van der Waals surface area contributed by atoms with E-state index in [9.17, 15) is 14.4 Å². The highest BCUT2D eigenvalue weighted by molar-refractivity contribution is 5.96. The minimum Gasteiger partial charge on any atom is -0.381 e. The van der Waals surface area contributed by atoms with Crippen molar-refractivity contribution in [2.75, 3.05) is 32.8 Å². The lowest BCUT2D eigenvalue weighted by atomic mass is 9.88. The first-order valence-corrected chi connectivity index (χ1v) is 10.3. The van der Waals surface area contributed by atoms with Crippen LogP contribution in [0.3, 0.4) is 0 Å². The molecule has 1 N–H and O–H groups in total. The van der Waals surface area contributed by atoms with Gasteiger partial charge in [0, 0.05) is 50.1 Å². The Morgan fingerprint density at radius 2 is 1.96 bits per heavy atom. The molecule has 152 valence electrons. The number of carbonyl (C=O) groups excluding carboxylic acids is 3. The number of rotatable bonds is 6. The standard InChI is InChI=1S/C22H30N2O4/c1-2-20(25)14-23-21(26)18-6-3-5-17(13-18)19-7-4-10-24(15-19)22(27)16-8-11-28-12-9-16/h3,5-6,13,16,19H,2,4,7-12,14-15H2,1H3,(H,23,26). The Kier molecular flexibility index (Phi) is 7.20. The van der Waals surface area contributed by atoms with E-state index in [2.05, 4.69) is 5.32 Å². The fourth-order valence-electron chi connectivity index (χ4n) is 3.99. The van der Waals surface area contributed by atoms with Crippen molar-refractivity contribution in [2.45, 2.75) is 44.9 Å². The summed E-state index contributed by atoms with van der Waals surface area (Å²) in [6, 6.07) is 7.58. The van der Waals surface area contributed by atoms with Crippen LogP contribution in [0.15, 0.2) is 24.3 Å². The lowest BCUT2D eigenvalue weighted by Crippen LogP contribution is -2.43. The molecule has 1 atom stereocenters. The highest BCUT2D eigenvalue weighted by atomic mass is 16.5. The summed E-state index contributed by atoms with van der Waals surface area (Å²) in [5, 5.41) is 2.68. The topological polar surface area (TPSA) is 75.7 Å². The van der Waals surface area contributed by atoms with Crippen molar-refractivity contribution in [2.24, 2.45) is 5.92 Å². The molecule has 6 nitrogen and oxygen atoms in total. The Bertz CT molecular complexity index is 712. The number of carbonyl (C=O) groups is 3. The number of benzene rings is 1. The van der Waals surface area contributed by atoms with Gasteiger partial charge < -0.3 is 15.0 Å². The van der Waals surface area contributed by atoms with Gasteiger partial charge in [0.05, 0.1) is 6.54 Å². The summed E-state index contributed by atoms with van der Waals surface area (Å²) in [5.74, 6) is 0.358. The number of hydrogen-bond acceptors (Lipinski definition) is 4. The van der Waals surface area contributed by atoms with E-state index in [1.54, 1.807) is 13.0 Å². The largest absolute Gasteiger partial charge is 0.381 e. The molecule has 0 bridgehead atoms. The molecule has 2 heterocycles. The minimum atomic E-state index is -0.227. The van der Waals surface area contributed by atoms with Gasteiger partial charge in [0.2, 0.25) is 5.91 Å². The fourth-order valence-corrected chi connectivity index (χ4v) is 3.99. The van der Waals surface area contributed by atoms with E-state index in [0.29, 0.717) is 31.7 Å². The van der Waals surface area contributed by atoms with Crippen LogP contribution in [0.1, 0.15) is 60.9 Å². The maximum Gasteiger partial charge on any atom is 0.251 e. The number of ether oxygens (including phenoxy) is 1. The molecule has 6 heteroatoms. The lowest BCUT2D eigenvalue weighted by Gasteiger charge is -2.36. The predicted octanol–water partition coefficient (Wildman–Crippen LogP) is 2.53. The zero-order valence-electron chi connectivity index (χ0n) is 16.6. The van der Waals surface area contributed by atoms with Crippen molar-refractivity contribution < 1.29 is 19.1 Å². The Hall–Kier alpha value is -2.21. The molecule has 2 saturated heterocycles. The number of hydrogen-bond donors (Lipinski definition) is 1. The molecule has 0 radical (unpaired) electrons. The van der Waals surface area contributed by atoms with Crippen molar-refractivity contribution in [3.8, 4) is 0 Å². The van der Waals surface area contributed by atoms with Gasteiger partial charge in [0.25, 0.3) is 5.91 Å². The summed E-state index contributed by atoms with van der Waals surface area (Å²) >= 11 is 0. The zero-order chi connectivity index (χ0) is 19.9. The Labute approximate surface area is 166 Å². The predicted molar refractivity (Wildman–Crippen MR) is 106 cm³/mol. The van der Waals surface area contributed by atoms with Crippen molar-refractivity contribution >= 4 is 17.6 Å². The quantitative estimate of drug-likeness (QED) is 0.815. The first kappa shape index (κ1) is 20.5. The number of nitrogens with one attached hydrogen (secondary N) is 1. The second-order valence-electron chi connectivity index (χ2n) is 7.71. The number of piperidine rings is 1. The molecule has 1 aromatic rings. The van der Waals surface area contributed by atoms with E-state index < -0.39 is 0 Å². The molecular formula is C22H30N2O4. The Morgan fingerprint density at radius 3 is 2.71 bits per heavy atom. The van der Waals surface area contributed by atoms with Crippen molar-refractivity contribution in [1.82, 2.24) is 10.2 Å². The SMILES string of the molecule is CCC(=O)CNC(=O)c1cccc(C2CCCN(C(=O)C3CCOCC3)C2)c1. The monoisotopic (exact) mass is 386 g/mol. The van der Waals surface area contributed by atoms with Crippen molar-refractivity contribution in [3.05, 3.63) is 35.4 Å². The van der Waals surface area contributed by atoms with Crippen LogP contribution < -0.4 is 5.32 Å². The lowest BCUT2D eigenvalue weighted by molar-refractivity contribution is -0.139. The van der Waals surface area contributed by atoms with Crippen LogP contribution in [0, 0.1) is 5.92 Å². The molecule has 2 amide bonds. The average Bonchev–Trinajstić information content (AvgIpc) is 2.77. The number of likely N-dealkylation sites (tertiary alicyclic amines) is 1. The van der Waals surface area contributed by atoms with Crippen molar-refractivity contribution in [1.29, 1.82) is 0 Å². The third kappa shape index (κ3) is 5.19. The molecule has 1 aromatic carbocycles. The summed E-state index contributed by atoms with van der Waals surface area (Å²) in [6.07, 6.45) is 4.02. The molecule has 0 aromatic heterocycles. The second kappa shape index (κ2) is 9.82. The fraction of sp³-hybridized carbons (Fsp3) is 0.591. The molecule has 28 heavy (non-hydrogen) atoms. The summed E-state index contributed by atoms with van der Waals surface area (Å²) in [7, 11) is 0. The van der Waals surface area contributed by atoms with E-state index >= 15 is 0 Å². The normalized spacial score (nSPS) is 20.6. The van der Waals surface area contributed by atoms with Crippen LogP contribution in [0.5, 0.6) is 0 Å². The van der Waals surface area contributed by atoms with Gasteiger partial charge in [0.15, 0.2) is 5.78 Å². The molecule has 3 rings (SSSR count). The zero-order valence-corrected chi connectivity index (χ0v) is 16.6. The summed E-state index contributed by atoms with van der Waals surface area (Å²) in [5.41, 5.74) is 1.65. The molecule has 0 aliphatic carbocycles. The van der Waals surface area contributed by atoms with Gasteiger partial charge in [-0.25, -0.2) is 0 Å². The van der Waals surface area contributed by atoms with Crippen LogP contribution in [0.25, 0.3) is 0 Å². The molecule has 1 unspecified atom stereocenters. The summed E-state index contributed by atoms with van der Waals surface area (Å²) in [6.45, 7) is 4.71. The van der Waals surface area contributed by atoms with E-state index in [1.807, 2.05) is 23.1 Å². The van der Waals surface area contributed by atoms with Crippen LogP contribution in [0.2, 0.25) is 0 Å². The van der Waals surface area contributed by atoms with Crippen LogP contribution >= 0.6 is 0 Å². The van der Waals surface area contributed by atoms with Gasteiger partial charge in [-0.3, -0.25) is 14.4 Å². The molecule has 2 aliphatic rings. The molecule has 2 fully saturated rings. The molecule has 2 aliphatic heterocycles. The molecule has 0 spiro atoms. The maximum atomic E-state index is 12.9. The van der Waals surface area contributed by atoms with E-state index in [-0.39, 0.29) is 36.0 Å². The van der Waals surface area contributed by atoms with E-state index in [1.165, 1.54) is 0 Å². The smallest absolute Gasteiger partial charge is 0.251 e. The van der Waals surface area contributed by atoms with E-state index in [4.69, 9.17) is 4.74 Å². The second-order valence-corrected chi connectivity index (χ2v) is 7.71. The summed E-state index contributed by atoms with van der Waals surface area (Å²) in [4.78, 5) is 38.6. The van der Waals surface area contributed by atoms with Crippen molar-refractivity contribution in [3.63, 3.8) is 0 Å². The number of amides is 2. The number of Topliss-reactive ketones (excluding diaryl/α,β-unsaturated/α-hetero) is 1. The number of ketones is 1. The molecular weight excluding hydrogens is 356 g/mol. The maximum absolute atomic E-state index is 12.9.